The SMILES string of the molecule is CCOC(=O)N1CCN(C(=O)C(C)n2cc(Br)cn2)CC1. The molecular formula is C13H19BrN4O3. The van der Waals surface area contributed by atoms with Crippen LogP contribution in [0.1, 0.15) is 19.9 Å². The Balaban J connectivity index is 1.89. The van der Waals surface area contributed by atoms with E-state index in [1.165, 1.54) is 0 Å². The third-order valence-corrected chi connectivity index (χ3v) is 3.85. The molecule has 1 aromatic rings. The molecule has 1 fully saturated rings. The number of halogens is 1. The summed E-state index contributed by atoms with van der Waals surface area (Å²) in [6, 6.07) is -0.356. The van der Waals surface area contributed by atoms with Crippen LogP contribution in [0, 0.1) is 0 Å². The normalized spacial score (nSPS) is 16.7. The Bertz CT molecular complexity index is 511. The van der Waals surface area contributed by atoms with Crippen molar-refractivity contribution in [2.75, 3.05) is 32.8 Å². The second kappa shape index (κ2) is 6.93. The molecule has 1 aromatic heterocycles. The van der Waals surface area contributed by atoms with Crippen LogP contribution < -0.4 is 0 Å². The monoisotopic (exact) mass is 358 g/mol. The van der Waals surface area contributed by atoms with E-state index in [9.17, 15) is 9.59 Å². The highest BCUT2D eigenvalue weighted by Crippen LogP contribution is 2.15. The average Bonchev–Trinajstić information content (AvgIpc) is 2.92. The van der Waals surface area contributed by atoms with E-state index < -0.39 is 0 Å². The lowest BCUT2D eigenvalue weighted by molar-refractivity contribution is -0.136. The maximum Gasteiger partial charge on any atom is 0.409 e. The smallest absolute Gasteiger partial charge is 0.409 e. The zero-order chi connectivity index (χ0) is 15.4. The van der Waals surface area contributed by atoms with E-state index in [0.29, 0.717) is 32.8 Å². The van der Waals surface area contributed by atoms with E-state index in [-0.39, 0.29) is 18.0 Å². The van der Waals surface area contributed by atoms with E-state index in [0.717, 1.165) is 4.47 Å². The molecular weight excluding hydrogens is 340 g/mol. The zero-order valence-electron chi connectivity index (χ0n) is 12.2. The van der Waals surface area contributed by atoms with Crippen LogP contribution in [0.2, 0.25) is 0 Å². The summed E-state index contributed by atoms with van der Waals surface area (Å²) in [7, 11) is 0. The Hall–Kier alpha value is -1.57. The van der Waals surface area contributed by atoms with Crippen molar-refractivity contribution in [1.29, 1.82) is 0 Å². The molecule has 1 unspecified atom stereocenters. The molecule has 0 saturated carbocycles. The Morgan fingerprint density at radius 1 is 1.33 bits per heavy atom. The van der Waals surface area contributed by atoms with Gasteiger partial charge in [-0.2, -0.15) is 5.10 Å². The first-order chi connectivity index (χ1) is 10.0. The van der Waals surface area contributed by atoms with Gasteiger partial charge in [-0.1, -0.05) is 0 Å². The van der Waals surface area contributed by atoms with Crippen LogP contribution in [0.4, 0.5) is 4.79 Å². The number of carbonyl (C=O) groups is 2. The minimum absolute atomic E-state index is 0.00843. The van der Waals surface area contributed by atoms with Gasteiger partial charge in [-0.05, 0) is 29.8 Å². The van der Waals surface area contributed by atoms with Gasteiger partial charge in [0.2, 0.25) is 5.91 Å². The molecule has 2 amide bonds. The number of aromatic nitrogens is 2. The Morgan fingerprint density at radius 2 is 1.95 bits per heavy atom. The largest absolute Gasteiger partial charge is 0.450 e. The van der Waals surface area contributed by atoms with Gasteiger partial charge in [0.15, 0.2) is 0 Å². The fourth-order valence-electron chi connectivity index (χ4n) is 2.23. The summed E-state index contributed by atoms with van der Waals surface area (Å²) in [4.78, 5) is 27.4. The summed E-state index contributed by atoms with van der Waals surface area (Å²) in [6.45, 7) is 6.00. The van der Waals surface area contributed by atoms with Crippen LogP contribution in [0.15, 0.2) is 16.9 Å². The molecule has 1 aliphatic rings. The number of ether oxygens (including phenoxy) is 1. The average molecular weight is 359 g/mol. The van der Waals surface area contributed by atoms with Crippen molar-refractivity contribution >= 4 is 27.9 Å². The predicted octanol–water partition coefficient (Wildman–Crippen LogP) is 1.51. The molecule has 0 aromatic carbocycles. The summed E-state index contributed by atoms with van der Waals surface area (Å²) < 4.78 is 7.43. The highest BCUT2D eigenvalue weighted by molar-refractivity contribution is 9.10. The maximum atomic E-state index is 12.4. The maximum absolute atomic E-state index is 12.4. The summed E-state index contributed by atoms with van der Waals surface area (Å²) in [5, 5.41) is 4.14. The molecule has 1 atom stereocenters. The first kappa shape index (κ1) is 15.8. The van der Waals surface area contributed by atoms with Crippen molar-refractivity contribution in [3.05, 3.63) is 16.9 Å². The van der Waals surface area contributed by atoms with E-state index in [1.807, 2.05) is 6.92 Å². The zero-order valence-corrected chi connectivity index (χ0v) is 13.7. The minimum atomic E-state index is -0.356. The molecule has 2 heterocycles. The second-order valence-electron chi connectivity index (χ2n) is 4.83. The number of carbonyl (C=O) groups excluding carboxylic acids is 2. The molecule has 0 spiro atoms. The van der Waals surface area contributed by atoms with E-state index in [2.05, 4.69) is 21.0 Å². The van der Waals surface area contributed by atoms with Gasteiger partial charge in [0.1, 0.15) is 6.04 Å². The highest BCUT2D eigenvalue weighted by atomic mass is 79.9. The Morgan fingerprint density at radius 3 is 2.48 bits per heavy atom. The van der Waals surface area contributed by atoms with Gasteiger partial charge in [-0.3, -0.25) is 9.48 Å². The van der Waals surface area contributed by atoms with Gasteiger partial charge in [-0.15, -0.1) is 0 Å². The molecule has 0 radical (unpaired) electrons. The topological polar surface area (TPSA) is 67.7 Å². The Labute approximate surface area is 132 Å². The van der Waals surface area contributed by atoms with Crippen LogP contribution in [0.3, 0.4) is 0 Å². The van der Waals surface area contributed by atoms with Crippen LogP contribution in [0.5, 0.6) is 0 Å². The Kier molecular flexibility index (Phi) is 5.22. The van der Waals surface area contributed by atoms with Gasteiger partial charge in [0, 0.05) is 32.4 Å². The molecule has 1 aliphatic heterocycles. The van der Waals surface area contributed by atoms with Crippen molar-refractivity contribution in [3.63, 3.8) is 0 Å². The quantitative estimate of drug-likeness (QED) is 0.821. The number of hydrogen-bond donors (Lipinski definition) is 0. The van der Waals surface area contributed by atoms with Crippen molar-refractivity contribution in [2.24, 2.45) is 0 Å². The lowest BCUT2D eigenvalue weighted by atomic mass is 10.2. The molecule has 1 saturated heterocycles. The number of nitrogens with zero attached hydrogens (tertiary/aromatic N) is 4. The summed E-state index contributed by atoms with van der Waals surface area (Å²) in [6.07, 6.45) is 3.12. The first-order valence-corrected chi connectivity index (χ1v) is 7.72. The van der Waals surface area contributed by atoms with Crippen molar-refractivity contribution in [3.8, 4) is 0 Å². The van der Waals surface area contributed by atoms with Gasteiger partial charge in [0.05, 0.1) is 17.3 Å². The first-order valence-electron chi connectivity index (χ1n) is 6.93. The lowest BCUT2D eigenvalue weighted by Crippen LogP contribution is -2.52. The number of piperazine rings is 1. The van der Waals surface area contributed by atoms with Crippen LogP contribution in [-0.4, -0.2) is 64.4 Å². The molecule has 21 heavy (non-hydrogen) atoms. The van der Waals surface area contributed by atoms with E-state index in [1.54, 1.807) is 33.8 Å². The minimum Gasteiger partial charge on any atom is -0.450 e. The van der Waals surface area contributed by atoms with Crippen LogP contribution in [-0.2, 0) is 9.53 Å². The highest BCUT2D eigenvalue weighted by Gasteiger charge is 2.28. The molecule has 0 aliphatic carbocycles. The lowest BCUT2D eigenvalue weighted by Gasteiger charge is -2.35. The number of amides is 2. The molecule has 7 nitrogen and oxygen atoms in total. The van der Waals surface area contributed by atoms with Crippen LogP contribution in [0.25, 0.3) is 0 Å². The van der Waals surface area contributed by atoms with E-state index >= 15 is 0 Å². The molecule has 0 N–H and O–H groups in total. The summed E-state index contributed by atoms with van der Waals surface area (Å²) in [5.41, 5.74) is 0. The van der Waals surface area contributed by atoms with Gasteiger partial charge < -0.3 is 14.5 Å². The molecule has 116 valence electrons. The van der Waals surface area contributed by atoms with Gasteiger partial charge in [0.25, 0.3) is 0 Å². The van der Waals surface area contributed by atoms with E-state index in [4.69, 9.17) is 4.74 Å². The number of rotatable bonds is 3. The fraction of sp³-hybridized carbons (Fsp3) is 0.615. The fourth-order valence-corrected chi connectivity index (χ4v) is 2.53. The van der Waals surface area contributed by atoms with Crippen LogP contribution >= 0.6 is 15.9 Å². The third kappa shape index (κ3) is 3.75. The van der Waals surface area contributed by atoms with Crippen molar-refractivity contribution < 1.29 is 14.3 Å². The van der Waals surface area contributed by atoms with Crippen molar-refractivity contribution in [2.45, 2.75) is 19.9 Å². The molecule has 2 rings (SSSR count). The van der Waals surface area contributed by atoms with Crippen molar-refractivity contribution in [1.82, 2.24) is 19.6 Å². The van der Waals surface area contributed by atoms with Gasteiger partial charge >= 0.3 is 6.09 Å². The number of hydrogen-bond acceptors (Lipinski definition) is 4. The molecule has 8 heteroatoms. The second-order valence-corrected chi connectivity index (χ2v) is 5.74. The summed E-state index contributed by atoms with van der Waals surface area (Å²) >= 11 is 3.32. The molecule has 0 bridgehead atoms. The standard InChI is InChI=1S/C13H19BrN4O3/c1-3-21-13(20)17-6-4-16(5-7-17)12(19)10(2)18-9-11(14)8-15-18/h8-10H,3-7H2,1-2H3. The third-order valence-electron chi connectivity index (χ3n) is 3.44. The predicted molar refractivity (Wildman–Crippen MR) is 79.8 cm³/mol. The summed E-state index contributed by atoms with van der Waals surface area (Å²) in [5.74, 6) is 0.00843. The van der Waals surface area contributed by atoms with Gasteiger partial charge in [-0.25, -0.2) is 4.79 Å².